The van der Waals surface area contributed by atoms with Gasteiger partial charge < -0.3 is 10.2 Å². The Morgan fingerprint density at radius 1 is 1.12 bits per heavy atom. The number of imide groups is 1. The third-order valence-electron chi connectivity index (χ3n) is 6.79. The molecular formula is C22H30N4O5S. The number of carbonyl (C=O) groups excluding carboxylic acids is 3. The van der Waals surface area contributed by atoms with Gasteiger partial charge in [0, 0.05) is 32.2 Å². The number of benzene rings is 1. The number of hydrogen-bond donors (Lipinski definition) is 1. The lowest BCUT2D eigenvalue weighted by atomic mass is 9.93. The molecular weight excluding hydrogens is 432 g/mol. The molecule has 32 heavy (non-hydrogen) atoms. The quantitative estimate of drug-likeness (QED) is 0.608. The van der Waals surface area contributed by atoms with Crippen molar-refractivity contribution in [3.8, 4) is 0 Å². The van der Waals surface area contributed by atoms with Gasteiger partial charge in [-0.25, -0.2) is 13.2 Å². The maximum atomic E-state index is 13.0. The molecule has 3 saturated heterocycles. The summed E-state index contributed by atoms with van der Waals surface area (Å²) in [4.78, 5) is 43.0. The fourth-order valence-corrected chi connectivity index (χ4v) is 6.50. The van der Waals surface area contributed by atoms with Gasteiger partial charge in [0.15, 0.2) is 9.84 Å². The van der Waals surface area contributed by atoms with E-state index in [2.05, 4.69) is 10.2 Å². The first-order valence-electron chi connectivity index (χ1n) is 11.1. The van der Waals surface area contributed by atoms with Gasteiger partial charge in [0.1, 0.15) is 12.1 Å². The fraction of sp³-hybridized carbons (Fsp3) is 0.591. The third kappa shape index (κ3) is 4.80. The molecule has 1 N–H and O–H groups in total. The van der Waals surface area contributed by atoms with Crippen LogP contribution in [0, 0.1) is 0 Å². The molecule has 4 rings (SSSR count). The van der Waals surface area contributed by atoms with Crippen LogP contribution in [0.3, 0.4) is 0 Å². The summed E-state index contributed by atoms with van der Waals surface area (Å²) in [6, 6.07) is 9.24. The third-order valence-corrected chi connectivity index (χ3v) is 8.54. The van der Waals surface area contributed by atoms with E-state index in [-0.39, 0.29) is 35.9 Å². The van der Waals surface area contributed by atoms with E-state index in [1.54, 1.807) is 11.8 Å². The molecule has 174 valence electrons. The molecule has 0 aliphatic carbocycles. The number of sulfone groups is 1. The smallest absolute Gasteiger partial charge is 0.325 e. The van der Waals surface area contributed by atoms with Gasteiger partial charge in [0.25, 0.3) is 5.91 Å². The molecule has 3 heterocycles. The second kappa shape index (κ2) is 8.82. The second-order valence-corrected chi connectivity index (χ2v) is 11.3. The van der Waals surface area contributed by atoms with Crippen molar-refractivity contribution in [3.63, 3.8) is 0 Å². The number of carbonyl (C=O) groups is 3. The van der Waals surface area contributed by atoms with Crippen LogP contribution in [0.15, 0.2) is 30.3 Å². The molecule has 9 nitrogen and oxygen atoms in total. The highest BCUT2D eigenvalue weighted by Gasteiger charge is 2.48. The predicted molar refractivity (Wildman–Crippen MR) is 119 cm³/mol. The van der Waals surface area contributed by atoms with Crippen LogP contribution < -0.4 is 5.32 Å². The normalized spacial score (nSPS) is 28.2. The van der Waals surface area contributed by atoms with Crippen molar-refractivity contribution in [2.24, 2.45) is 0 Å². The van der Waals surface area contributed by atoms with Crippen LogP contribution in [-0.2, 0) is 25.8 Å². The summed E-state index contributed by atoms with van der Waals surface area (Å²) in [7, 11) is -2.95. The first-order valence-corrected chi connectivity index (χ1v) is 12.9. The SMILES string of the molecule is C[C@@]1(CCc2ccccc2)NC(=O)N(CC(=O)N2CCN([C@H]3CCS(=O)(=O)C3)CC2)C1=O. The molecule has 1 aromatic carbocycles. The average Bonchev–Trinajstić information content (AvgIpc) is 3.25. The number of piperazine rings is 1. The van der Waals surface area contributed by atoms with Crippen molar-refractivity contribution in [2.45, 2.75) is 37.8 Å². The van der Waals surface area contributed by atoms with Crippen LogP contribution >= 0.6 is 0 Å². The molecule has 0 radical (unpaired) electrons. The van der Waals surface area contributed by atoms with Crippen molar-refractivity contribution < 1.29 is 22.8 Å². The number of amides is 4. The standard InChI is InChI=1S/C22H30N4O5S/c1-22(9-7-17-5-3-2-4-6-17)20(28)26(21(29)23-22)15-19(27)25-12-10-24(11-13-25)18-8-14-32(30,31)16-18/h2-6,18H,7-16H2,1H3,(H,23,29)/t18-,22-/m0/s1. The summed E-state index contributed by atoms with van der Waals surface area (Å²) >= 11 is 0. The molecule has 0 saturated carbocycles. The van der Waals surface area contributed by atoms with Crippen molar-refractivity contribution >= 4 is 27.7 Å². The summed E-state index contributed by atoms with van der Waals surface area (Å²) in [6.07, 6.45) is 1.74. The summed E-state index contributed by atoms with van der Waals surface area (Å²) in [6.45, 7) is 3.55. The van der Waals surface area contributed by atoms with Gasteiger partial charge >= 0.3 is 6.03 Å². The van der Waals surface area contributed by atoms with Crippen LogP contribution in [0.4, 0.5) is 4.79 Å². The van der Waals surface area contributed by atoms with Gasteiger partial charge in [-0.1, -0.05) is 30.3 Å². The number of nitrogens with one attached hydrogen (secondary N) is 1. The van der Waals surface area contributed by atoms with Crippen LogP contribution in [0.5, 0.6) is 0 Å². The average molecular weight is 463 g/mol. The van der Waals surface area contributed by atoms with Gasteiger partial charge in [-0.15, -0.1) is 0 Å². The molecule has 0 spiro atoms. The molecule has 3 aliphatic heterocycles. The minimum absolute atomic E-state index is 0.0218. The minimum Gasteiger partial charge on any atom is -0.339 e. The number of nitrogens with zero attached hydrogens (tertiary/aromatic N) is 3. The summed E-state index contributed by atoms with van der Waals surface area (Å²) in [5, 5.41) is 2.76. The van der Waals surface area contributed by atoms with Crippen LogP contribution in [0.2, 0.25) is 0 Å². The van der Waals surface area contributed by atoms with Gasteiger partial charge in [0.2, 0.25) is 5.91 Å². The lowest BCUT2D eigenvalue weighted by Gasteiger charge is -2.38. The van der Waals surface area contributed by atoms with E-state index < -0.39 is 21.4 Å². The number of aryl methyl sites for hydroxylation is 1. The highest BCUT2D eigenvalue weighted by Crippen LogP contribution is 2.24. The number of hydrogen-bond acceptors (Lipinski definition) is 6. The van der Waals surface area contributed by atoms with E-state index in [0.717, 1.165) is 10.5 Å². The maximum absolute atomic E-state index is 13.0. The second-order valence-electron chi connectivity index (χ2n) is 9.11. The van der Waals surface area contributed by atoms with E-state index in [0.29, 0.717) is 45.4 Å². The highest BCUT2D eigenvalue weighted by molar-refractivity contribution is 7.91. The van der Waals surface area contributed by atoms with E-state index in [9.17, 15) is 22.8 Å². The highest BCUT2D eigenvalue weighted by atomic mass is 32.2. The Morgan fingerprint density at radius 3 is 2.44 bits per heavy atom. The zero-order chi connectivity index (χ0) is 22.9. The zero-order valence-electron chi connectivity index (χ0n) is 18.3. The van der Waals surface area contributed by atoms with Crippen LogP contribution in [-0.4, -0.2) is 96.8 Å². The van der Waals surface area contributed by atoms with Crippen molar-refractivity contribution in [2.75, 3.05) is 44.2 Å². The Morgan fingerprint density at radius 2 is 1.81 bits per heavy atom. The fourth-order valence-electron chi connectivity index (χ4n) is 4.73. The topological polar surface area (TPSA) is 107 Å². The molecule has 2 atom stereocenters. The summed E-state index contributed by atoms with van der Waals surface area (Å²) in [5.74, 6) is -0.224. The van der Waals surface area contributed by atoms with Crippen molar-refractivity contribution in [3.05, 3.63) is 35.9 Å². The Hall–Kier alpha value is -2.46. The Balaban J connectivity index is 1.29. The molecule has 10 heteroatoms. The van der Waals surface area contributed by atoms with E-state index in [4.69, 9.17) is 0 Å². The van der Waals surface area contributed by atoms with E-state index in [1.165, 1.54) is 0 Å². The lowest BCUT2D eigenvalue weighted by molar-refractivity contribution is -0.140. The molecule has 3 aliphatic rings. The Labute approximate surface area is 188 Å². The van der Waals surface area contributed by atoms with E-state index >= 15 is 0 Å². The summed E-state index contributed by atoms with van der Waals surface area (Å²) < 4.78 is 23.4. The summed E-state index contributed by atoms with van der Waals surface area (Å²) in [5.41, 5.74) is 0.0538. The largest absolute Gasteiger partial charge is 0.339 e. The van der Waals surface area contributed by atoms with Crippen molar-refractivity contribution in [1.29, 1.82) is 0 Å². The lowest BCUT2D eigenvalue weighted by Crippen LogP contribution is -2.54. The minimum atomic E-state index is -2.95. The molecule has 1 aromatic rings. The van der Waals surface area contributed by atoms with Crippen molar-refractivity contribution in [1.82, 2.24) is 20.0 Å². The molecule has 0 unspecified atom stereocenters. The van der Waals surface area contributed by atoms with Gasteiger partial charge in [0.05, 0.1) is 11.5 Å². The molecule has 4 amide bonds. The van der Waals surface area contributed by atoms with E-state index in [1.807, 2.05) is 30.3 Å². The first kappa shape index (κ1) is 22.7. The van der Waals surface area contributed by atoms with Gasteiger partial charge in [-0.3, -0.25) is 19.4 Å². The Kier molecular flexibility index (Phi) is 6.26. The number of rotatable bonds is 6. The monoisotopic (exact) mass is 462 g/mol. The predicted octanol–water partition coefficient (Wildman–Crippen LogP) is 0.261. The van der Waals surface area contributed by atoms with Crippen LogP contribution in [0.1, 0.15) is 25.3 Å². The maximum Gasteiger partial charge on any atom is 0.325 e. The van der Waals surface area contributed by atoms with Gasteiger partial charge in [-0.2, -0.15) is 0 Å². The van der Waals surface area contributed by atoms with Crippen LogP contribution in [0.25, 0.3) is 0 Å². The Bertz CT molecular complexity index is 991. The first-order chi connectivity index (χ1) is 15.2. The molecule has 3 fully saturated rings. The molecule has 0 bridgehead atoms. The molecule has 0 aromatic heterocycles. The number of urea groups is 1. The zero-order valence-corrected chi connectivity index (χ0v) is 19.1. The van der Waals surface area contributed by atoms with Gasteiger partial charge in [-0.05, 0) is 31.7 Å².